The third-order valence-corrected chi connectivity index (χ3v) is 5.24. The fourth-order valence-corrected chi connectivity index (χ4v) is 3.58. The molecule has 21 heavy (non-hydrogen) atoms. The van der Waals surface area contributed by atoms with E-state index in [1.54, 1.807) is 18.2 Å². The first-order valence-electron chi connectivity index (χ1n) is 7.63. The number of benzene rings is 1. The second-order valence-corrected chi connectivity index (χ2v) is 7.33. The molecule has 0 aliphatic rings. The first kappa shape index (κ1) is 18.1. The monoisotopic (exact) mass is 313 g/mol. The number of nitrogens with one attached hydrogen (secondary N) is 1. The molecule has 0 aromatic heterocycles. The van der Waals surface area contributed by atoms with Gasteiger partial charge in [-0.1, -0.05) is 38.7 Å². The van der Waals surface area contributed by atoms with Crippen molar-refractivity contribution in [1.29, 1.82) is 0 Å². The van der Waals surface area contributed by atoms with E-state index in [0.29, 0.717) is 5.56 Å². The Hall–Kier alpha value is -0.910. The van der Waals surface area contributed by atoms with Gasteiger partial charge >= 0.3 is 0 Å². The highest BCUT2D eigenvalue weighted by Gasteiger charge is 2.18. The van der Waals surface area contributed by atoms with Crippen molar-refractivity contribution in [3.05, 3.63) is 29.3 Å². The van der Waals surface area contributed by atoms with E-state index in [2.05, 4.69) is 11.6 Å². The van der Waals surface area contributed by atoms with Crippen LogP contribution in [0.5, 0.6) is 0 Å². The van der Waals surface area contributed by atoms with E-state index >= 15 is 0 Å². The molecule has 0 saturated carbocycles. The van der Waals surface area contributed by atoms with Gasteiger partial charge in [0.1, 0.15) is 0 Å². The Kier molecular flexibility index (Phi) is 7.35. The zero-order chi connectivity index (χ0) is 15.9. The van der Waals surface area contributed by atoms with Crippen LogP contribution in [0, 0.1) is 6.92 Å². The average molecular weight is 313 g/mol. The van der Waals surface area contributed by atoms with Gasteiger partial charge < -0.3 is 5.11 Å². The number of hydrogen-bond donors (Lipinski definition) is 2. The van der Waals surface area contributed by atoms with Crippen LogP contribution < -0.4 is 4.72 Å². The third-order valence-electron chi connectivity index (χ3n) is 3.65. The zero-order valence-corrected chi connectivity index (χ0v) is 14.0. The maximum atomic E-state index is 12.3. The van der Waals surface area contributed by atoms with Crippen LogP contribution in [-0.2, 0) is 16.6 Å². The minimum atomic E-state index is -3.51. The Bertz CT molecular complexity index is 540. The van der Waals surface area contributed by atoms with Crippen LogP contribution in [0.2, 0.25) is 0 Å². The summed E-state index contributed by atoms with van der Waals surface area (Å²) in [7, 11) is -3.51. The molecule has 0 heterocycles. The van der Waals surface area contributed by atoms with Crippen LogP contribution in [-0.4, -0.2) is 19.6 Å². The van der Waals surface area contributed by atoms with Gasteiger partial charge in [0.25, 0.3) is 0 Å². The van der Waals surface area contributed by atoms with Crippen molar-refractivity contribution >= 4 is 10.0 Å². The Balaban J connectivity index is 2.68. The van der Waals surface area contributed by atoms with E-state index < -0.39 is 10.0 Å². The molecule has 0 bridgehead atoms. The van der Waals surface area contributed by atoms with Crippen LogP contribution in [0.3, 0.4) is 0 Å². The van der Waals surface area contributed by atoms with Crippen molar-refractivity contribution in [2.45, 2.75) is 70.4 Å². The largest absolute Gasteiger partial charge is 0.392 e. The zero-order valence-electron chi connectivity index (χ0n) is 13.2. The van der Waals surface area contributed by atoms with Gasteiger partial charge in [0.05, 0.1) is 11.5 Å². The van der Waals surface area contributed by atoms with Crippen LogP contribution in [0.4, 0.5) is 0 Å². The summed E-state index contributed by atoms with van der Waals surface area (Å²) in [6.07, 6.45) is 5.39. The van der Waals surface area contributed by atoms with Crippen molar-refractivity contribution in [3.8, 4) is 0 Å². The first-order valence-corrected chi connectivity index (χ1v) is 9.11. The first-order chi connectivity index (χ1) is 9.90. The highest BCUT2D eigenvalue weighted by atomic mass is 32.2. The number of hydrogen-bond acceptors (Lipinski definition) is 3. The summed E-state index contributed by atoms with van der Waals surface area (Å²) < 4.78 is 27.3. The molecule has 4 nitrogen and oxygen atoms in total. The fraction of sp³-hybridized carbons (Fsp3) is 0.625. The Labute approximate surface area is 128 Å². The van der Waals surface area contributed by atoms with E-state index in [-0.39, 0.29) is 17.5 Å². The van der Waals surface area contributed by atoms with Crippen LogP contribution in [0.25, 0.3) is 0 Å². The molecule has 1 atom stereocenters. The molecule has 0 fully saturated rings. The van der Waals surface area contributed by atoms with Crippen molar-refractivity contribution in [2.24, 2.45) is 0 Å². The Morgan fingerprint density at radius 1 is 1.24 bits per heavy atom. The van der Waals surface area contributed by atoms with Gasteiger partial charge in [0.2, 0.25) is 10.0 Å². The number of aliphatic hydroxyl groups is 1. The minimum absolute atomic E-state index is 0.0780. The maximum Gasteiger partial charge on any atom is 0.240 e. The predicted octanol–water partition coefficient (Wildman–Crippen LogP) is 3.12. The van der Waals surface area contributed by atoms with E-state index in [1.807, 2.05) is 13.8 Å². The Morgan fingerprint density at radius 2 is 1.95 bits per heavy atom. The molecular formula is C16H27NO3S. The molecule has 1 unspecified atom stereocenters. The molecule has 1 rings (SSSR count). The number of aryl methyl sites for hydroxylation is 1. The van der Waals surface area contributed by atoms with Crippen molar-refractivity contribution in [3.63, 3.8) is 0 Å². The molecule has 0 spiro atoms. The quantitative estimate of drug-likeness (QED) is 0.688. The molecule has 0 amide bonds. The molecule has 0 radical (unpaired) electrons. The van der Waals surface area contributed by atoms with Crippen LogP contribution in [0.15, 0.2) is 23.1 Å². The molecule has 5 heteroatoms. The highest BCUT2D eigenvalue weighted by Crippen LogP contribution is 2.16. The second-order valence-electron chi connectivity index (χ2n) is 5.62. The minimum Gasteiger partial charge on any atom is -0.392 e. The second kappa shape index (κ2) is 8.51. The van der Waals surface area contributed by atoms with E-state index in [9.17, 15) is 13.5 Å². The van der Waals surface area contributed by atoms with Gasteiger partial charge in [-0.25, -0.2) is 13.1 Å². The molecular weight excluding hydrogens is 286 g/mol. The molecule has 0 aliphatic carbocycles. The van der Waals surface area contributed by atoms with Crippen molar-refractivity contribution in [2.75, 3.05) is 0 Å². The fourth-order valence-electron chi connectivity index (χ4n) is 2.25. The standard InChI is InChI=1S/C16H27NO3S/c1-4-5-6-7-8-14(3)17-21(19,20)16-10-9-13(2)15(11-16)12-18/h9-11,14,17-18H,4-8,12H2,1-3H3. The molecule has 1 aromatic rings. The SMILES string of the molecule is CCCCCCC(C)NS(=O)(=O)c1ccc(C)c(CO)c1. The van der Waals surface area contributed by atoms with E-state index in [4.69, 9.17) is 0 Å². The maximum absolute atomic E-state index is 12.3. The van der Waals surface area contributed by atoms with Gasteiger partial charge in [-0.05, 0) is 43.5 Å². The van der Waals surface area contributed by atoms with Gasteiger partial charge in [0, 0.05) is 6.04 Å². The lowest BCUT2D eigenvalue weighted by Gasteiger charge is -2.15. The van der Waals surface area contributed by atoms with Gasteiger partial charge in [-0.2, -0.15) is 0 Å². The number of rotatable bonds is 9. The van der Waals surface area contributed by atoms with Crippen molar-refractivity contribution in [1.82, 2.24) is 4.72 Å². The lowest BCUT2D eigenvalue weighted by molar-refractivity contribution is 0.280. The lowest BCUT2D eigenvalue weighted by atomic mass is 10.1. The topological polar surface area (TPSA) is 66.4 Å². The summed E-state index contributed by atoms with van der Waals surface area (Å²) >= 11 is 0. The van der Waals surface area contributed by atoms with Gasteiger partial charge in [0.15, 0.2) is 0 Å². The normalized spacial score (nSPS) is 13.3. The summed E-state index contributed by atoms with van der Waals surface area (Å²) in [5.74, 6) is 0. The summed E-state index contributed by atoms with van der Waals surface area (Å²) in [6, 6.07) is 4.78. The average Bonchev–Trinajstić information content (AvgIpc) is 2.43. The highest BCUT2D eigenvalue weighted by molar-refractivity contribution is 7.89. The summed E-state index contributed by atoms with van der Waals surface area (Å²) in [4.78, 5) is 0.220. The van der Waals surface area contributed by atoms with E-state index in [1.165, 1.54) is 12.8 Å². The van der Waals surface area contributed by atoms with Gasteiger partial charge in [-0.15, -0.1) is 0 Å². The molecule has 2 N–H and O–H groups in total. The summed E-state index contributed by atoms with van der Waals surface area (Å²) in [6.45, 7) is 5.75. The predicted molar refractivity (Wildman–Crippen MR) is 85.6 cm³/mol. The number of aliphatic hydroxyl groups excluding tert-OH is 1. The number of sulfonamides is 1. The smallest absolute Gasteiger partial charge is 0.240 e. The summed E-state index contributed by atoms with van der Waals surface area (Å²) in [5, 5.41) is 9.24. The molecule has 0 saturated heterocycles. The number of unbranched alkanes of at least 4 members (excludes halogenated alkanes) is 3. The summed E-state index contributed by atoms with van der Waals surface area (Å²) in [5.41, 5.74) is 1.54. The lowest BCUT2D eigenvalue weighted by Crippen LogP contribution is -2.32. The Morgan fingerprint density at radius 3 is 2.57 bits per heavy atom. The van der Waals surface area contributed by atoms with E-state index in [0.717, 1.165) is 24.8 Å². The molecule has 0 aliphatic heterocycles. The molecule has 1 aromatic carbocycles. The van der Waals surface area contributed by atoms with Gasteiger partial charge in [-0.3, -0.25) is 0 Å². The molecule has 120 valence electrons. The van der Waals surface area contributed by atoms with Crippen LogP contribution in [0.1, 0.15) is 57.1 Å². The third kappa shape index (κ3) is 5.77. The van der Waals surface area contributed by atoms with Crippen molar-refractivity contribution < 1.29 is 13.5 Å². The van der Waals surface area contributed by atoms with Crippen LogP contribution >= 0.6 is 0 Å².